The number of benzene rings is 2. The second kappa shape index (κ2) is 12.0. The van der Waals surface area contributed by atoms with Crippen LogP contribution < -0.4 is 10.6 Å². The van der Waals surface area contributed by atoms with Crippen LogP contribution >= 0.6 is 35.6 Å². The van der Waals surface area contributed by atoms with Crippen LogP contribution in [0.2, 0.25) is 5.02 Å². The van der Waals surface area contributed by atoms with E-state index in [0.29, 0.717) is 13.0 Å². The van der Waals surface area contributed by atoms with Crippen LogP contribution in [0.4, 0.5) is 0 Å². The molecule has 0 aromatic heterocycles. The number of guanidine groups is 1. The highest BCUT2D eigenvalue weighted by Crippen LogP contribution is 2.22. The Bertz CT molecular complexity index is 818. The molecule has 0 atom stereocenters. The maximum Gasteiger partial charge on any atom is 0.223 e. The van der Waals surface area contributed by atoms with E-state index in [1.807, 2.05) is 41.3 Å². The molecule has 0 bridgehead atoms. The van der Waals surface area contributed by atoms with E-state index in [-0.39, 0.29) is 29.9 Å². The van der Waals surface area contributed by atoms with E-state index in [1.54, 1.807) is 7.05 Å². The lowest BCUT2D eigenvalue weighted by Crippen LogP contribution is -2.39. The molecule has 3 rings (SSSR count). The van der Waals surface area contributed by atoms with E-state index < -0.39 is 0 Å². The van der Waals surface area contributed by atoms with Crippen molar-refractivity contribution in [2.24, 2.45) is 4.99 Å². The quantitative estimate of drug-likeness (QED) is 0.248. The van der Waals surface area contributed by atoms with Crippen molar-refractivity contribution in [2.45, 2.75) is 32.4 Å². The second-order valence-corrected chi connectivity index (χ2v) is 7.30. The first-order valence-electron chi connectivity index (χ1n) is 9.70. The Morgan fingerprint density at radius 1 is 1.03 bits per heavy atom. The monoisotopic (exact) mass is 526 g/mol. The summed E-state index contributed by atoms with van der Waals surface area (Å²) in [6, 6.07) is 16.1. The predicted octanol–water partition coefficient (Wildman–Crippen LogP) is 3.99. The Morgan fingerprint density at radius 3 is 2.31 bits per heavy atom. The lowest BCUT2D eigenvalue weighted by atomic mass is 10.1. The summed E-state index contributed by atoms with van der Waals surface area (Å²) in [5.74, 6) is 0.952. The molecule has 0 aliphatic carbocycles. The predicted molar refractivity (Wildman–Crippen MR) is 130 cm³/mol. The number of nitrogens with one attached hydrogen (secondary N) is 2. The molecule has 0 fully saturated rings. The molecule has 0 saturated carbocycles. The van der Waals surface area contributed by atoms with Crippen molar-refractivity contribution in [1.82, 2.24) is 15.5 Å². The van der Waals surface area contributed by atoms with Crippen LogP contribution in [0.5, 0.6) is 0 Å². The van der Waals surface area contributed by atoms with Crippen molar-refractivity contribution in [3.8, 4) is 0 Å². The van der Waals surface area contributed by atoms with Gasteiger partial charge in [-0.25, -0.2) is 0 Å². The number of carbonyl (C=O) groups excluding carboxylic acids is 1. The number of carbonyl (C=O) groups is 1. The first-order valence-corrected chi connectivity index (χ1v) is 10.1. The topological polar surface area (TPSA) is 56.7 Å². The van der Waals surface area contributed by atoms with Crippen LogP contribution in [-0.4, -0.2) is 36.9 Å². The average Bonchev–Trinajstić information content (AvgIpc) is 3.15. The lowest BCUT2D eigenvalue weighted by Gasteiger charge is -2.16. The molecule has 1 aliphatic heterocycles. The van der Waals surface area contributed by atoms with Gasteiger partial charge in [-0.05, 0) is 35.6 Å². The van der Waals surface area contributed by atoms with Gasteiger partial charge < -0.3 is 15.5 Å². The van der Waals surface area contributed by atoms with Crippen LogP contribution in [-0.2, 0) is 24.3 Å². The number of hydrogen-bond donors (Lipinski definition) is 2. The number of amides is 1. The molecule has 2 N–H and O–H groups in total. The van der Waals surface area contributed by atoms with Gasteiger partial charge in [-0.3, -0.25) is 9.79 Å². The van der Waals surface area contributed by atoms with Crippen molar-refractivity contribution in [3.63, 3.8) is 0 Å². The van der Waals surface area contributed by atoms with Crippen molar-refractivity contribution in [1.29, 1.82) is 0 Å². The first kappa shape index (κ1) is 23.5. The number of aliphatic imine (C=N–C) groups is 1. The normalized spacial score (nSPS) is 12.9. The molecule has 29 heavy (non-hydrogen) atoms. The molecule has 5 nitrogen and oxygen atoms in total. The molecule has 0 spiro atoms. The number of fused-ring (bicyclic) bond motifs is 1. The number of hydrogen-bond acceptors (Lipinski definition) is 2. The van der Waals surface area contributed by atoms with E-state index in [0.717, 1.165) is 49.0 Å². The summed E-state index contributed by atoms with van der Waals surface area (Å²) in [6.45, 7) is 2.91. The zero-order valence-electron chi connectivity index (χ0n) is 16.7. The summed E-state index contributed by atoms with van der Waals surface area (Å²) in [4.78, 5) is 18.6. The Morgan fingerprint density at radius 2 is 1.66 bits per heavy atom. The van der Waals surface area contributed by atoms with Gasteiger partial charge in [0.25, 0.3) is 0 Å². The molecule has 1 aliphatic rings. The minimum Gasteiger partial charge on any atom is -0.356 e. The van der Waals surface area contributed by atoms with Crippen LogP contribution in [0.1, 0.15) is 29.5 Å². The van der Waals surface area contributed by atoms with Gasteiger partial charge in [0, 0.05) is 44.7 Å². The molecule has 156 valence electrons. The Balaban J connectivity index is 0.00000300. The fourth-order valence-corrected chi connectivity index (χ4v) is 3.58. The van der Waals surface area contributed by atoms with Crippen molar-refractivity contribution < 1.29 is 4.79 Å². The fourth-order valence-electron chi connectivity index (χ4n) is 3.35. The first-order chi connectivity index (χ1) is 13.7. The van der Waals surface area contributed by atoms with Gasteiger partial charge in [-0.1, -0.05) is 54.1 Å². The van der Waals surface area contributed by atoms with E-state index in [2.05, 4.69) is 27.8 Å². The summed E-state index contributed by atoms with van der Waals surface area (Å²) >= 11 is 6.18. The fraction of sp³-hybridized carbons (Fsp3) is 0.364. The smallest absolute Gasteiger partial charge is 0.223 e. The zero-order valence-corrected chi connectivity index (χ0v) is 19.7. The molecular formula is C22H28ClIN4O. The molecule has 0 unspecified atom stereocenters. The maximum atomic E-state index is 12.4. The molecule has 1 heterocycles. The maximum absolute atomic E-state index is 12.4. The van der Waals surface area contributed by atoms with Crippen molar-refractivity contribution in [3.05, 3.63) is 70.2 Å². The molecule has 0 saturated heterocycles. The molecule has 0 radical (unpaired) electrons. The van der Waals surface area contributed by atoms with Crippen LogP contribution in [0.25, 0.3) is 0 Å². The average molecular weight is 527 g/mol. The number of halogens is 2. The Kier molecular flexibility index (Phi) is 9.73. The van der Waals surface area contributed by atoms with Crippen molar-refractivity contribution >= 4 is 47.4 Å². The van der Waals surface area contributed by atoms with E-state index >= 15 is 0 Å². The van der Waals surface area contributed by atoms with Gasteiger partial charge in [0.15, 0.2) is 5.96 Å². The highest BCUT2D eigenvalue weighted by atomic mass is 127. The Hall–Kier alpha value is -1.80. The highest BCUT2D eigenvalue weighted by Gasteiger charge is 2.22. The second-order valence-electron chi connectivity index (χ2n) is 6.89. The van der Waals surface area contributed by atoms with E-state index in [4.69, 9.17) is 11.6 Å². The summed E-state index contributed by atoms with van der Waals surface area (Å²) in [7, 11) is 1.75. The Labute approximate surface area is 194 Å². The summed E-state index contributed by atoms with van der Waals surface area (Å²) in [5.41, 5.74) is 3.64. The third kappa shape index (κ3) is 6.89. The third-order valence-corrected chi connectivity index (χ3v) is 5.29. The lowest BCUT2D eigenvalue weighted by molar-refractivity contribution is -0.131. The highest BCUT2D eigenvalue weighted by molar-refractivity contribution is 14.0. The number of nitrogens with zero attached hydrogens (tertiary/aromatic N) is 2. The minimum absolute atomic E-state index is 0. The van der Waals surface area contributed by atoms with E-state index in [9.17, 15) is 4.79 Å². The third-order valence-electron chi connectivity index (χ3n) is 4.92. The number of rotatable bonds is 7. The summed E-state index contributed by atoms with van der Waals surface area (Å²) in [6.07, 6.45) is 2.14. The van der Waals surface area contributed by atoms with Crippen LogP contribution in [0.15, 0.2) is 53.5 Å². The van der Waals surface area contributed by atoms with Crippen LogP contribution in [0.3, 0.4) is 0 Å². The van der Waals surface area contributed by atoms with Gasteiger partial charge >= 0.3 is 0 Å². The minimum atomic E-state index is 0. The summed E-state index contributed by atoms with van der Waals surface area (Å²) < 4.78 is 0. The molecule has 1 amide bonds. The summed E-state index contributed by atoms with van der Waals surface area (Å²) in [5, 5.41) is 7.34. The molecule has 7 heteroatoms. The van der Waals surface area contributed by atoms with Gasteiger partial charge in [0.2, 0.25) is 5.91 Å². The molecule has 2 aromatic rings. The van der Waals surface area contributed by atoms with Crippen LogP contribution in [0, 0.1) is 0 Å². The zero-order chi connectivity index (χ0) is 19.8. The van der Waals surface area contributed by atoms with Gasteiger partial charge in [-0.2, -0.15) is 0 Å². The van der Waals surface area contributed by atoms with Crippen molar-refractivity contribution in [2.75, 3.05) is 20.1 Å². The van der Waals surface area contributed by atoms with Gasteiger partial charge in [0.1, 0.15) is 0 Å². The largest absolute Gasteiger partial charge is 0.356 e. The van der Waals surface area contributed by atoms with Gasteiger partial charge in [-0.15, -0.1) is 24.0 Å². The van der Waals surface area contributed by atoms with E-state index in [1.165, 1.54) is 11.1 Å². The SMILES string of the molecule is CN=C(NCCCC(=O)N1Cc2ccccc2C1)NCCc1ccccc1Cl.I. The molecule has 2 aromatic carbocycles. The standard InChI is InChI=1S/C22H27ClN4O.HI/c1-24-22(26-14-12-17-7-4-5-10-20(17)23)25-13-6-11-21(28)27-15-18-8-2-3-9-19(18)16-27;/h2-5,7-10H,6,11-16H2,1H3,(H2,24,25,26);1H. The molecular weight excluding hydrogens is 499 g/mol. The van der Waals surface area contributed by atoms with Gasteiger partial charge in [0.05, 0.1) is 0 Å².